The number of fused-ring (bicyclic) bond motifs is 4. The Hall–Kier alpha value is -5.98. The average molecular weight is 515 g/mol. The van der Waals surface area contributed by atoms with Gasteiger partial charge in [0.2, 0.25) is 0 Å². The predicted molar refractivity (Wildman–Crippen MR) is 153 cm³/mol. The number of aromatic nitrogens is 1. The van der Waals surface area contributed by atoms with Crippen molar-refractivity contribution in [2.75, 3.05) is 4.90 Å². The van der Waals surface area contributed by atoms with E-state index in [1.54, 1.807) is 54.6 Å². The Balaban J connectivity index is 1.57. The number of benzene rings is 5. The van der Waals surface area contributed by atoms with Crippen LogP contribution >= 0.6 is 0 Å². The number of hydrogen-bond acceptors (Lipinski definition) is 4. The third-order valence-electron chi connectivity index (χ3n) is 7.40. The molecule has 2 heterocycles. The lowest BCUT2D eigenvalue weighted by Gasteiger charge is -2.16. The maximum atomic E-state index is 13.9. The summed E-state index contributed by atoms with van der Waals surface area (Å²) in [4.78, 5) is 28.7. The van der Waals surface area contributed by atoms with E-state index in [1.807, 2.05) is 59.2 Å². The molecule has 0 fully saturated rings. The Labute approximate surface area is 229 Å². The minimum atomic E-state index is -0.388. The van der Waals surface area contributed by atoms with Crippen LogP contribution in [0.2, 0.25) is 0 Å². The molecule has 2 amide bonds. The summed E-state index contributed by atoms with van der Waals surface area (Å²) in [6.07, 6.45) is 0. The summed E-state index contributed by atoms with van der Waals surface area (Å²) in [6.45, 7) is 0. The van der Waals surface area contributed by atoms with Crippen LogP contribution < -0.4 is 4.90 Å². The Morgan fingerprint density at radius 1 is 0.600 bits per heavy atom. The molecule has 0 spiro atoms. The second-order valence-electron chi connectivity index (χ2n) is 9.52. The van der Waals surface area contributed by atoms with Gasteiger partial charge in [-0.25, -0.2) is 4.90 Å². The zero-order valence-electron chi connectivity index (χ0n) is 21.0. The van der Waals surface area contributed by atoms with E-state index in [0.717, 1.165) is 27.4 Å². The average Bonchev–Trinajstić information content (AvgIpc) is 3.48. The first-order valence-electron chi connectivity index (χ1n) is 12.7. The zero-order chi connectivity index (χ0) is 27.4. The molecular weight excluding hydrogens is 496 g/mol. The number of anilines is 1. The van der Waals surface area contributed by atoms with E-state index in [1.165, 1.54) is 4.90 Å². The van der Waals surface area contributed by atoms with Crippen LogP contribution in [-0.4, -0.2) is 16.4 Å². The Kier molecular flexibility index (Phi) is 5.10. The lowest BCUT2D eigenvalue weighted by molar-refractivity contribution is 0.0926. The van der Waals surface area contributed by atoms with Crippen molar-refractivity contribution in [1.82, 2.24) is 4.57 Å². The third-order valence-corrected chi connectivity index (χ3v) is 7.40. The molecule has 0 radical (unpaired) electrons. The summed E-state index contributed by atoms with van der Waals surface area (Å²) in [5.41, 5.74) is 5.67. The van der Waals surface area contributed by atoms with Crippen molar-refractivity contribution >= 4 is 39.3 Å². The highest BCUT2D eigenvalue weighted by Crippen LogP contribution is 2.41. The normalized spacial score (nSPS) is 12.5. The summed E-state index contributed by atoms with van der Waals surface area (Å²) < 4.78 is 2.01. The van der Waals surface area contributed by atoms with Crippen LogP contribution in [0.15, 0.2) is 109 Å². The van der Waals surface area contributed by atoms with Crippen molar-refractivity contribution in [1.29, 1.82) is 10.5 Å². The summed E-state index contributed by atoms with van der Waals surface area (Å²) in [5.74, 6) is -0.755. The first-order valence-corrected chi connectivity index (χ1v) is 12.7. The lowest BCUT2D eigenvalue weighted by atomic mass is 9.96. The summed E-state index contributed by atoms with van der Waals surface area (Å²) in [6, 6.07) is 37.4. The molecule has 6 aromatic rings. The van der Waals surface area contributed by atoms with Crippen LogP contribution in [0, 0.1) is 22.7 Å². The van der Waals surface area contributed by atoms with E-state index in [9.17, 15) is 20.1 Å². The topological polar surface area (TPSA) is 89.9 Å². The molecule has 0 saturated heterocycles. The SMILES string of the molecule is N#Cc1ccc(-c2cccc3c4ccccc4n(-c4cccc5c4C(=O)N(c4ccccc4)C5=O)c23)c(C#N)c1. The molecule has 1 aliphatic rings. The molecule has 0 unspecified atom stereocenters. The van der Waals surface area contributed by atoms with Gasteiger partial charge in [0.15, 0.2) is 0 Å². The smallest absolute Gasteiger partial charge is 0.268 e. The van der Waals surface area contributed by atoms with E-state index in [-0.39, 0.29) is 11.8 Å². The summed E-state index contributed by atoms with van der Waals surface area (Å²) in [7, 11) is 0. The van der Waals surface area contributed by atoms with Crippen LogP contribution in [-0.2, 0) is 0 Å². The number of imide groups is 1. The molecule has 6 heteroatoms. The first-order chi connectivity index (χ1) is 19.6. The van der Waals surface area contributed by atoms with Crippen LogP contribution in [0.3, 0.4) is 0 Å². The highest BCUT2D eigenvalue weighted by Gasteiger charge is 2.39. The second kappa shape index (κ2) is 8.80. The van der Waals surface area contributed by atoms with E-state index in [0.29, 0.717) is 39.2 Å². The Bertz CT molecular complexity index is 2130. The number of hydrogen-bond donors (Lipinski definition) is 0. The number of carbonyl (C=O) groups is 2. The Morgan fingerprint density at radius 3 is 2.12 bits per heavy atom. The van der Waals surface area contributed by atoms with Gasteiger partial charge in [0.25, 0.3) is 11.8 Å². The molecule has 6 nitrogen and oxygen atoms in total. The quantitative estimate of drug-likeness (QED) is 0.238. The lowest BCUT2D eigenvalue weighted by Crippen LogP contribution is -2.29. The maximum absolute atomic E-state index is 13.9. The van der Waals surface area contributed by atoms with Crippen LogP contribution in [0.25, 0.3) is 38.6 Å². The minimum Gasteiger partial charge on any atom is -0.308 e. The van der Waals surface area contributed by atoms with E-state index < -0.39 is 0 Å². The van der Waals surface area contributed by atoms with E-state index >= 15 is 0 Å². The molecule has 0 aliphatic carbocycles. The van der Waals surface area contributed by atoms with Crippen molar-refractivity contribution in [2.45, 2.75) is 0 Å². The third kappa shape index (κ3) is 3.21. The molecule has 0 atom stereocenters. The number of carbonyl (C=O) groups excluding carboxylic acids is 2. The van der Waals surface area contributed by atoms with Gasteiger partial charge >= 0.3 is 0 Å². The van der Waals surface area contributed by atoms with Gasteiger partial charge in [-0.2, -0.15) is 10.5 Å². The monoisotopic (exact) mass is 514 g/mol. The number of para-hydroxylation sites is 3. The van der Waals surface area contributed by atoms with E-state index in [2.05, 4.69) is 12.1 Å². The molecule has 5 aromatic carbocycles. The van der Waals surface area contributed by atoms with Crippen molar-refractivity contribution in [2.24, 2.45) is 0 Å². The molecular formula is C34H18N4O2. The standard InChI is InChI=1S/C34H18N4O2/c35-19-21-16-17-24(22(18-21)20-36)26-11-6-12-27-25-10-4-5-14-29(25)38(32(26)27)30-15-7-13-28-31(30)34(40)37(33(28)39)23-8-2-1-3-9-23/h1-18H. The van der Waals surface area contributed by atoms with Crippen LogP contribution in [0.4, 0.5) is 5.69 Å². The first kappa shape index (κ1) is 23.2. The van der Waals surface area contributed by atoms with E-state index in [4.69, 9.17) is 0 Å². The van der Waals surface area contributed by atoms with Gasteiger partial charge < -0.3 is 4.57 Å². The number of rotatable bonds is 3. The fourth-order valence-electron chi connectivity index (χ4n) is 5.69. The van der Waals surface area contributed by atoms with Crippen molar-refractivity contribution in [3.05, 3.63) is 131 Å². The maximum Gasteiger partial charge on any atom is 0.268 e. The summed E-state index contributed by atoms with van der Waals surface area (Å²) >= 11 is 0. The molecule has 0 bridgehead atoms. The fourth-order valence-corrected chi connectivity index (χ4v) is 5.69. The molecule has 0 saturated carbocycles. The number of amides is 2. The van der Waals surface area contributed by atoms with Crippen molar-refractivity contribution in [3.63, 3.8) is 0 Å². The largest absolute Gasteiger partial charge is 0.308 e. The van der Waals surface area contributed by atoms with Crippen LogP contribution in [0.5, 0.6) is 0 Å². The van der Waals surface area contributed by atoms with Gasteiger partial charge in [0.1, 0.15) is 0 Å². The van der Waals surface area contributed by atoms with Crippen LogP contribution in [0.1, 0.15) is 31.8 Å². The molecule has 7 rings (SSSR count). The van der Waals surface area contributed by atoms with Gasteiger partial charge in [-0.1, -0.05) is 66.7 Å². The Morgan fingerprint density at radius 2 is 1.32 bits per heavy atom. The minimum absolute atomic E-state index is 0.328. The molecule has 1 aliphatic heterocycles. The molecule has 186 valence electrons. The fraction of sp³-hybridized carbons (Fsp3) is 0. The van der Waals surface area contributed by atoms with Crippen molar-refractivity contribution in [3.8, 4) is 29.0 Å². The van der Waals surface area contributed by atoms with Gasteiger partial charge in [-0.05, 0) is 42.5 Å². The molecule has 0 N–H and O–H groups in total. The van der Waals surface area contributed by atoms with Gasteiger partial charge in [-0.15, -0.1) is 0 Å². The molecule has 40 heavy (non-hydrogen) atoms. The number of nitrogens with zero attached hydrogens (tertiary/aromatic N) is 4. The number of nitriles is 2. The van der Waals surface area contributed by atoms with Gasteiger partial charge in [0, 0.05) is 21.9 Å². The van der Waals surface area contributed by atoms with Gasteiger partial charge in [-0.3, -0.25) is 9.59 Å². The summed E-state index contributed by atoms with van der Waals surface area (Å²) in [5, 5.41) is 21.3. The van der Waals surface area contributed by atoms with Crippen molar-refractivity contribution < 1.29 is 9.59 Å². The molecule has 1 aromatic heterocycles. The zero-order valence-corrected chi connectivity index (χ0v) is 21.0. The predicted octanol–water partition coefficient (Wildman–Crippen LogP) is 6.99. The highest BCUT2D eigenvalue weighted by atomic mass is 16.2. The highest BCUT2D eigenvalue weighted by molar-refractivity contribution is 6.35. The van der Waals surface area contributed by atoms with Gasteiger partial charge in [0.05, 0.1) is 56.8 Å². The second-order valence-corrected chi connectivity index (χ2v) is 9.52.